The van der Waals surface area contributed by atoms with Crippen LogP contribution in [0.15, 0.2) is 24.3 Å². The fourth-order valence-corrected chi connectivity index (χ4v) is 1.49. The van der Waals surface area contributed by atoms with E-state index in [-0.39, 0.29) is 5.69 Å². The number of nitrogens with zero attached hydrogens (tertiary/aromatic N) is 2. The molecular weight excluding hydrogens is 226 g/mol. The van der Waals surface area contributed by atoms with Crippen molar-refractivity contribution in [3.63, 3.8) is 0 Å². The van der Waals surface area contributed by atoms with Crippen LogP contribution in [0.3, 0.4) is 0 Å². The van der Waals surface area contributed by atoms with Gasteiger partial charge in [-0.25, -0.2) is 9.86 Å². The maximum absolute atomic E-state index is 11.6. The summed E-state index contributed by atoms with van der Waals surface area (Å²) in [5.41, 5.74) is 0.310. The molecule has 1 heterocycles. The molecule has 0 spiro atoms. The summed E-state index contributed by atoms with van der Waals surface area (Å²) in [4.78, 5) is 26.7. The Kier molecular flexibility index (Phi) is 3.20. The van der Waals surface area contributed by atoms with Gasteiger partial charge in [-0.1, -0.05) is 6.07 Å². The first-order valence-corrected chi connectivity index (χ1v) is 5.13. The van der Waals surface area contributed by atoms with Gasteiger partial charge in [0, 0.05) is 17.8 Å². The van der Waals surface area contributed by atoms with Crippen LogP contribution in [-0.2, 0) is 4.84 Å². The molecule has 2 rings (SSSR count). The number of benzene rings is 1. The highest BCUT2D eigenvalue weighted by molar-refractivity contribution is 5.89. The lowest BCUT2D eigenvalue weighted by atomic mass is 10.3. The number of carbonyl (C=O) groups is 1. The maximum Gasteiger partial charge on any atom is 0.345 e. The van der Waals surface area contributed by atoms with Crippen LogP contribution < -0.4 is 5.32 Å². The van der Waals surface area contributed by atoms with E-state index >= 15 is 0 Å². The van der Waals surface area contributed by atoms with Crippen molar-refractivity contribution in [1.29, 1.82) is 0 Å². The van der Waals surface area contributed by atoms with Crippen molar-refractivity contribution in [2.75, 3.05) is 18.5 Å². The van der Waals surface area contributed by atoms with Crippen LogP contribution in [-0.4, -0.2) is 29.2 Å². The second kappa shape index (κ2) is 4.79. The highest BCUT2D eigenvalue weighted by atomic mass is 16.7. The van der Waals surface area contributed by atoms with Crippen molar-refractivity contribution in [3.8, 4) is 0 Å². The van der Waals surface area contributed by atoms with E-state index in [4.69, 9.17) is 4.84 Å². The molecule has 1 aromatic carbocycles. The molecule has 0 unspecified atom stereocenters. The molecule has 1 aliphatic heterocycles. The lowest BCUT2D eigenvalue weighted by Gasteiger charge is -2.14. The first kappa shape index (κ1) is 11.3. The number of hydrogen-bond acceptors (Lipinski definition) is 4. The van der Waals surface area contributed by atoms with Gasteiger partial charge in [0.2, 0.25) is 0 Å². The summed E-state index contributed by atoms with van der Waals surface area (Å²) in [5, 5.41) is 14.3. The van der Waals surface area contributed by atoms with Crippen LogP contribution in [0.25, 0.3) is 0 Å². The molecule has 17 heavy (non-hydrogen) atoms. The molecule has 1 N–H and O–H groups in total. The number of nitro benzene ring substituents is 1. The Hall–Kier alpha value is -2.15. The SMILES string of the molecule is O=C(Nc1cccc([N+](=O)[O-])c1)N1CCCO1. The van der Waals surface area contributed by atoms with E-state index in [1.54, 1.807) is 6.07 Å². The van der Waals surface area contributed by atoms with Crippen LogP contribution in [0.5, 0.6) is 0 Å². The van der Waals surface area contributed by atoms with E-state index in [1.165, 1.54) is 23.3 Å². The average Bonchev–Trinajstić information content (AvgIpc) is 2.82. The predicted molar refractivity (Wildman–Crippen MR) is 59.4 cm³/mol. The summed E-state index contributed by atoms with van der Waals surface area (Å²) in [6.45, 7) is 1.04. The fraction of sp³-hybridized carbons (Fsp3) is 0.300. The standard InChI is InChI=1S/C10H11N3O4/c14-10(12-5-2-6-17-12)11-8-3-1-4-9(7-8)13(15)16/h1,3-4,7H,2,5-6H2,(H,11,14). The van der Waals surface area contributed by atoms with Gasteiger partial charge in [0.15, 0.2) is 0 Å². The van der Waals surface area contributed by atoms with Crippen molar-refractivity contribution in [2.24, 2.45) is 0 Å². The van der Waals surface area contributed by atoms with Crippen LogP contribution in [0, 0.1) is 10.1 Å². The number of non-ortho nitro benzene ring substituents is 1. The summed E-state index contributed by atoms with van der Waals surface area (Å²) in [6, 6.07) is 5.35. The van der Waals surface area contributed by atoms with Crippen molar-refractivity contribution >= 4 is 17.4 Å². The summed E-state index contributed by atoms with van der Waals surface area (Å²) < 4.78 is 0. The van der Waals surface area contributed by atoms with Crippen molar-refractivity contribution < 1.29 is 14.6 Å². The zero-order valence-electron chi connectivity index (χ0n) is 8.96. The molecule has 1 aromatic rings. The molecule has 0 aromatic heterocycles. The van der Waals surface area contributed by atoms with Gasteiger partial charge in [-0.15, -0.1) is 0 Å². The van der Waals surface area contributed by atoms with Crippen molar-refractivity contribution in [1.82, 2.24) is 5.06 Å². The van der Waals surface area contributed by atoms with E-state index in [9.17, 15) is 14.9 Å². The largest absolute Gasteiger partial charge is 0.345 e. The lowest BCUT2D eigenvalue weighted by Crippen LogP contribution is -2.31. The van der Waals surface area contributed by atoms with Crippen molar-refractivity contribution in [2.45, 2.75) is 6.42 Å². The van der Waals surface area contributed by atoms with Gasteiger partial charge < -0.3 is 5.32 Å². The van der Waals surface area contributed by atoms with E-state index in [1.807, 2.05) is 0 Å². The van der Waals surface area contributed by atoms with Crippen LogP contribution in [0.1, 0.15) is 6.42 Å². The summed E-state index contributed by atoms with van der Waals surface area (Å²) >= 11 is 0. The molecule has 2 amide bonds. The number of hydrogen-bond donors (Lipinski definition) is 1. The third-order valence-corrected chi connectivity index (χ3v) is 2.29. The number of nitrogens with one attached hydrogen (secondary N) is 1. The van der Waals surface area contributed by atoms with Gasteiger partial charge in [-0.05, 0) is 12.5 Å². The minimum atomic E-state index is -0.512. The second-order valence-electron chi connectivity index (χ2n) is 3.53. The zero-order chi connectivity index (χ0) is 12.3. The minimum absolute atomic E-state index is 0.0647. The molecule has 0 radical (unpaired) electrons. The minimum Gasteiger partial charge on any atom is -0.306 e. The van der Waals surface area contributed by atoms with Crippen LogP contribution >= 0.6 is 0 Å². The Labute approximate surface area is 97.1 Å². The molecule has 1 fully saturated rings. The Bertz CT molecular complexity index is 443. The summed E-state index contributed by atoms with van der Waals surface area (Å²) in [7, 11) is 0. The molecule has 7 nitrogen and oxygen atoms in total. The molecule has 7 heteroatoms. The summed E-state index contributed by atoms with van der Waals surface area (Å²) in [6.07, 6.45) is 0.794. The molecule has 0 atom stereocenters. The van der Waals surface area contributed by atoms with E-state index < -0.39 is 11.0 Å². The monoisotopic (exact) mass is 237 g/mol. The Morgan fingerprint density at radius 3 is 3.00 bits per heavy atom. The fourth-order valence-electron chi connectivity index (χ4n) is 1.49. The maximum atomic E-state index is 11.6. The van der Waals surface area contributed by atoms with Crippen LogP contribution in [0.2, 0.25) is 0 Å². The molecular formula is C10H11N3O4. The first-order chi connectivity index (χ1) is 8.16. The predicted octanol–water partition coefficient (Wildman–Crippen LogP) is 1.76. The number of amides is 2. The van der Waals surface area contributed by atoms with Gasteiger partial charge in [0.25, 0.3) is 5.69 Å². The smallest absolute Gasteiger partial charge is 0.306 e. The first-order valence-electron chi connectivity index (χ1n) is 5.13. The quantitative estimate of drug-likeness (QED) is 0.627. The number of nitro groups is 1. The number of anilines is 1. The molecule has 0 aliphatic carbocycles. The van der Waals surface area contributed by atoms with Gasteiger partial charge >= 0.3 is 6.03 Å². The second-order valence-corrected chi connectivity index (χ2v) is 3.53. The molecule has 1 saturated heterocycles. The number of rotatable bonds is 2. The van der Waals surface area contributed by atoms with E-state index in [2.05, 4.69) is 5.32 Å². The van der Waals surface area contributed by atoms with E-state index in [0.29, 0.717) is 18.8 Å². The van der Waals surface area contributed by atoms with Crippen LogP contribution in [0.4, 0.5) is 16.2 Å². The summed E-state index contributed by atoms with van der Waals surface area (Å²) in [5.74, 6) is 0. The Morgan fingerprint density at radius 2 is 2.35 bits per heavy atom. The topological polar surface area (TPSA) is 84.7 Å². The highest BCUT2D eigenvalue weighted by Crippen LogP contribution is 2.18. The average molecular weight is 237 g/mol. The van der Waals surface area contributed by atoms with Gasteiger partial charge in [-0.2, -0.15) is 0 Å². The van der Waals surface area contributed by atoms with Gasteiger partial charge in [0.1, 0.15) is 0 Å². The number of carbonyl (C=O) groups excluding carboxylic acids is 1. The van der Waals surface area contributed by atoms with Gasteiger partial charge in [0.05, 0.1) is 18.1 Å². The van der Waals surface area contributed by atoms with Crippen molar-refractivity contribution in [3.05, 3.63) is 34.4 Å². The van der Waals surface area contributed by atoms with E-state index in [0.717, 1.165) is 6.42 Å². The Morgan fingerprint density at radius 1 is 1.53 bits per heavy atom. The normalized spacial score (nSPS) is 14.7. The van der Waals surface area contributed by atoms with Gasteiger partial charge in [-0.3, -0.25) is 15.0 Å². The highest BCUT2D eigenvalue weighted by Gasteiger charge is 2.19. The zero-order valence-corrected chi connectivity index (χ0v) is 8.96. The third-order valence-electron chi connectivity index (χ3n) is 2.29. The third kappa shape index (κ3) is 2.70. The molecule has 0 bridgehead atoms. The number of urea groups is 1. The molecule has 90 valence electrons. The number of hydroxylamine groups is 2. The molecule has 0 saturated carbocycles. The molecule has 1 aliphatic rings. The lowest BCUT2D eigenvalue weighted by molar-refractivity contribution is -0.384. The Balaban J connectivity index is 2.05.